The number of amides is 3. The van der Waals surface area contributed by atoms with Crippen LogP contribution in [0.5, 0.6) is 0 Å². The van der Waals surface area contributed by atoms with E-state index in [1.54, 1.807) is 40.9 Å². The van der Waals surface area contributed by atoms with Gasteiger partial charge in [0.15, 0.2) is 0 Å². The van der Waals surface area contributed by atoms with E-state index in [1.807, 2.05) is 47.9 Å². The van der Waals surface area contributed by atoms with Gasteiger partial charge in [0.05, 0.1) is 11.3 Å². The van der Waals surface area contributed by atoms with E-state index < -0.39 is 0 Å². The average Bonchev–Trinajstić information content (AvgIpc) is 3.16. The number of hydrogen-bond donors (Lipinski definition) is 0. The first-order chi connectivity index (χ1) is 15.4. The smallest absolute Gasteiger partial charge is 0.319 e. The van der Waals surface area contributed by atoms with Crippen molar-refractivity contribution >= 4 is 11.9 Å². The third kappa shape index (κ3) is 4.10. The summed E-state index contributed by atoms with van der Waals surface area (Å²) in [4.78, 5) is 30.8. The fourth-order valence-electron chi connectivity index (χ4n) is 4.12. The van der Waals surface area contributed by atoms with Crippen molar-refractivity contribution in [3.63, 3.8) is 0 Å². The van der Waals surface area contributed by atoms with E-state index in [0.717, 1.165) is 22.6 Å². The summed E-state index contributed by atoms with van der Waals surface area (Å²) < 4.78 is 15.6. The van der Waals surface area contributed by atoms with Gasteiger partial charge in [-0.2, -0.15) is 0 Å². The third-order valence-corrected chi connectivity index (χ3v) is 5.85. The van der Waals surface area contributed by atoms with Gasteiger partial charge in [-0.3, -0.25) is 4.79 Å². The van der Waals surface area contributed by atoms with Crippen molar-refractivity contribution in [3.8, 4) is 16.9 Å². The summed E-state index contributed by atoms with van der Waals surface area (Å²) >= 11 is 0. The van der Waals surface area contributed by atoms with Crippen molar-refractivity contribution < 1.29 is 14.0 Å². The molecule has 32 heavy (non-hydrogen) atoms. The molecular weight excluding hydrogens is 407 g/mol. The van der Waals surface area contributed by atoms with Crippen LogP contribution in [0, 0.1) is 12.7 Å². The lowest BCUT2D eigenvalue weighted by Gasteiger charge is -2.36. The maximum atomic E-state index is 13.5. The topological polar surface area (TPSA) is 48.8 Å². The molecule has 4 rings (SSSR count). The first-order valence-corrected chi connectivity index (χ1v) is 10.7. The predicted molar refractivity (Wildman–Crippen MR) is 122 cm³/mol. The van der Waals surface area contributed by atoms with Crippen molar-refractivity contribution in [1.29, 1.82) is 0 Å². The number of urea groups is 1. The van der Waals surface area contributed by atoms with Gasteiger partial charge in [-0.05, 0) is 55.0 Å². The average molecular weight is 435 g/mol. The lowest BCUT2D eigenvalue weighted by atomic mass is 10.1. The molecule has 3 amide bonds. The second-order valence-corrected chi connectivity index (χ2v) is 8.16. The highest BCUT2D eigenvalue weighted by molar-refractivity contribution is 5.97. The fraction of sp³-hybridized carbons (Fsp3) is 0.280. The summed E-state index contributed by atoms with van der Waals surface area (Å²) in [6, 6.07) is 18.0. The number of carbonyl (C=O) groups excluding carboxylic acids is 2. The van der Waals surface area contributed by atoms with Gasteiger partial charge >= 0.3 is 6.03 Å². The number of para-hydroxylation sites is 1. The molecule has 1 aromatic heterocycles. The molecule has 1 saturated heterocycles. The second-order valence-electron chi connectivity index (χ2n) is 8.16. The Bertz CT molecular complexity index is 1110. The van der Waals surface area contributed by atoms with Gasteiger partial charge in [-0.1, -0.05) is 18.2 Å². The van der Waals surface area contributed by atoms with E-state index in [2.05, 4.69) is 0 Å². The highest BCUT2D eigenvalue weighted by atomic mass is 19.1. The van der Waals surface area contributed by atoms with Crippen molar-refractivity contribution in [2.24, 2.45) is 0 Å². The third-order valence-electron chi connectivity index (χ3n) is 5.85. The molecule has 3 aromatic rings. The Morgan fingerprint density at radius 1 is 0.875 bits per heavy atom. The maximum absolute atomic E-state index is 13.5. The number of halogens is 1. The molecule has 6 nitrogen and oxygen atoms in total. The molecule has 2 aromatic carbocycles. The SMILES string of the molecule is Cc1c(C(=O)N2CCN(C(=O)N(C)C)CC2)cc(-c2ccc(F)cc2)n1-c1ccccc1. The highest BCUT2D eigenvalue weighted by Gasteiger charge is 2.28. The molecule has 0 spiro atoms. The Kier molecular flexibility index (Phi) is 5.99. The lowest BCUT2D eigenvalue weighted by molar-refractivity contribution is 0.0649. The van der Waals surface area contributed by atoms with Crippen LogP contribution in [-0.2, 0) is 0 Å². The van der Waals surface area contributed by atoms with Crippen LogP contribution in [0.1, 0.15) is 16.1 Å². The zero-order valence-corrected chi connectivity index (χ0v) is 18.6. The highest BCUT2D eigenvalue weighted by Crippen LogP contribution is 2.30. The van der Waals surface area contributed by atoms with Crippen molar-refractivity contribution in [1.82, 2.24) is 19.3 Å². The molecule has 0 saturated carbocycles. The summed E-state index contributed by atoms with van der Waals surface area (Å²) in [6.07, 6.45) is 0. The maximum Gasteiger partial charge on any atom is 0.319 e. The minimum atomic E-state index is -0.301. The first kappa shape index (κ1) is 21.6. The van der Waals surface area contributed by atoms with Gasteiger partial charge in [0.2, 0.25) is 0 Å². The van der Waals surface area contributed by atoms with Crippen molar-refractivity contribution in [3.05, 3.63) is 77.7 Å². The van der Waals surface area contributed by atoms with E-state index in [9.17, 15) is 14.0 Å². The van der Waals surface area contributed by atoms with Gasteiger partial charge in [0.1, 0.15) is 5.82 Å². The van der Waals surface area contributed by atoms with Crippen molar-refractivity contribution in [2.75, 3.05) is 40.3 Å². The molecule has 1 fully saturated rings. The van der Waals surface area contributed by atoms with Gasteiger partial charge in [-0.25, -0.2) is 9.18 Å². The molecule has 0 aliphatic carbocycles. The minimum Gasteiger partial charge on any atom is -0.335 e. The van der Waals surface area contributed by atoms with Crippen LogP contribution < -0.4 is 0 Å². The van der Waals surface area contributed by atoms with Crippen LogP contribution in [0.15, 0.2) is 60.7 Å². The summed E-state index contributed by atoms with van der Waals surface area (Å²) in [6.45, 7) is 3.91. The Labute approximate surface area is 187 Å². The van der Waals surface area contributed by atoms with E-state index in [-0.39, 0.29) is 17.8 Å². The predicted octanol–water partition coefficient (Wildman–Crippen LogP) is 4.03. The number of benzene rings is 2. The lowest BCUT2D eigenvalue weighted by Crippen LogP contribution is -2.52. The molecule has 0 atom stereocenters. The van der Waals surface area contributed by atoms with E-state index in [4.69, 9.17) is 0 Å². The number of nitrogens with zero attached hydrogens (tertiary/aromatic N) is 4. The van der Waals surface area contributed by atoms with Crippen LogP contribution in [0.2, 0.25) is 0 Å². The number of rotatable bonds is 3. The fourth-order valence-corrected chi connectivity index (χ4v) is 4.12. The number of aromatic nitrogens is 1. The van der Waals surface area contributed by atoms with Crippen LogP contribution >= 0.6 is 0 Å². The molecule has 166 valence electrons. The van der Waals surface area contributed by atoms with Crippen molar-refractivity contribution in [2.45, 2.75) is 6.92 Å². The molecule has 1 aliphatic rings. The molecule has 2 heterocycles. The standard InChI is InChI=1S/C25H27FN4O2/c1-18-22(24(31)28-13-15-29(16-14-28)25(32)27(2)3)17-23(19-9-11-20(26)12-10-19)30(18)21-7-5-4-6-8-21/h4-12,17H,13-16H2,1-3H3. The monoisotopic (exact) mass is 434 g/mol. The second kappa shape index (κ2) is 8.86. The van der Waals surface area contributed by atoms with Gasteiger partial charge in [0.25, 0.3) is 5.91 Å². The van der Waals surface area contributed by atoms with Crippen LogP contribution in [0.4, 0.5) is 9.18 Å². The van der Waals surface area contributed by atoms with Crippen LogP contribution in [0.3, 0.4) is 0 Å². The minimum absolute atomic E-state index is 0.0397. The Hall–Kier alpha value is -3.61. The molecule has 0 bridgehead atoms. The normalized spacial score (nSPS) is 13.9. The quantitative estimate of drug-likeness (QED) is 0.625. The number of carbonyl (C=O) groups is 2. The zero-order valence-electron chi connectivity index (χ0n) is 18.6. The van der Waals surface area contributed by atoms with E-state index in [0.29, 0.717) is 31.7 Å². The Morgan fingerprint density at radius 2 is 1.47 bits per heavy atom. The molecule has 0 radical (unpaired) electrons. The summed E-state index contributed by atoms with van der Waals surface area (Å²) in [5.41, 5.74) is 4.04. The molecular formula is C25H27FN4O2. The Morgan fingerprint density at radius 3 is 2.06 bits per heavy atom. The number of piperazine rings is 1. The summed E-state index contributed by atoms with van der Waals surface area (Å²) in [5, 5.41) is 0. The summed E-state index contributed by atoms with van der Waals surface area (Å²) in [7, 11) is 3.46. The molecule has 1 aliphatic heterocycles. The van der Waals surface area contributed by atoms with Gasteiger partial charge < -0.3 is 19.3 Å². The summed E-state index contributed by atoms with van der Waals surface area (Å²) in [5.74, 6) is -0.359. The molecule has 0 N–H and O–H groups in total. The van der Waals surface area contributed by atoms with Gasteiger partial charge in [-0.15, -0.1) is 0 Å². The van der Waals surface area contributed by atoms with Gasteiger partial charge in [0, 0.05) is 51.7 Å². The first-order valence-electron chi connectivity index (χ1n) is 10.7. The Balaban J connectivity index is 1.67. The molecule has 0 unspecified atom stereocenters. The largest absolute Gasteiger partial charge is 0.335 e. The van der Waals surface area contributed by atoms with Crippen LogP contribution in [-0.4, -0.2) is 71.5 Å². The van der Waals surface area contributed by atoms with Crippen LogP contribution in [0.25, 0.3) is 16.9 Å². The molecule has 7 heteroatoms. The number of hydrogen-bond acceptors (Lipinski definition) is 2. The van der Waals surface area contributed by atoms with E-state index >= 15 is 0 Å². The van der Waals surface area contributed by atoms with E-state index in [1.165, 1.54) is 12.1 Å². The zero-order chi connectivity index (χ0) is 22.8.